The lowest BCUT2D eigenvalue weighted by molar-refractivity contribution is -0.142. The molecule has 0 saturated carbocycles. The molecule has 21 heavy (non-hydrogen) atoms. The molecule has 1 amide bonds. The third-order valence-electron chi connectivity index (χ3n) is 4.06. The van der Waals surface area contributed by atoms with E-state index in [1.165, 1.54) is 56.5 Å². The molecule has 0 rings (SSSR count). The molecule has 0 saturated heterocycles. The van der Waals surface area contributed by atoms with Gasteiger partial charge in [-0.3, -0.25) is 4.79 Å². The van der Waals surface area contributed by atoms with Crippen molar-refractivity contribution in [2.24, 2.45) is 5.92 Å². The van der Waals surface area contributed by atoms with E-state index in [0.29, 0.717) is 0 Å². The molecule has 0 aromatic heterocycles. The molecule has 0 heterocycles. The first-order valence-corrected chi connectivity index (χ1v) is 8.89. The van der Waals surface area contributed by atoms with Gasteiger partial charge in [-0.2, -0.15) is 0 Å². The van der Waals surface area contributed by atoms with E-state index in [1.54, 1.807) is 14.1 Å². The summed E-state index contributed by atoms with van der Waals surface area (Å²) in [5, 5.41) is 1.51. The monoisotopic (exact) mass is 299 g/mol. The Bertz CT molecular complexity index is 242. The highest BCUT2D eigenvalue weighted by Crippen LogP contribution is 2.18. The van der Waals surface area contributed by atoms with Crippen LogP contribution in [0.4, 0.5) is 0 Å². The van der Waals surface area contributed by atoms with Crippen LogP contribution in [0.2, 0.25) is 0 Å². The number of nitrogens with one attached hydrogen (secondary N) is 2. The SMILES string of the molecule is CCCCCCCCCCC(CCC)C(=O)N(NC)NC. The summed E-state index contributed by atoms with van der Waals surface area (Å²) in [6.07, 6.45) is 13.6. The van der Waals surface area contributed by atoms with Gasteiger partial charge in [-0.05, 0) is 12.8 Å². The predicted molar refractivity (Wildman–Crippen MR) is 90.6 cm³/mol. The maximum Gasteiger partial charge on any atom is 0.254 e. The van der Waals surface area contributed by atoms with E-state index >= 15 is 0 Å². The largest absolute Gasteiger partial charge is 0.272 e. The van der Waals surface area contributed by atoms with Crippen molar-refractivity contribution in [2.75, 3.05) is 14.1 Å². The van der Waals surface area contributed by atoms with Crippen molar-refractivity contribution < 1.29 is 4.79 Å². The second-order valence-corrected chi connectivity index (χ2v) is 5.87. The van der Waals surface area contributed by atoms with Gasteiger partial charge < -0.3 is 0 Å². The van der Waals surface area contributed by atoms with E-state index in [0.717, 1.165) is 19.3 Å². The molecule has 2 N–H and O–H groups in total. The van der Waals surface area contributed by atoms with Gasteiger partial charge in [0, 0.05) is 20.0 Å². The summed E-state index contributed by atoms with van der Waals surface area (Å²) in [6.45, 7) is 4.40. The Morgan fingerprint density at radius 2 is 1.33 bits per heavy atom. The fraction of sp³-hybridized carbons (Fsp3) is 0.941. The highest BCUT2D eigenvalue weighted by Gasteiger charge is 2.21. The van der Waals surface area contributed by atoms with Gasteiger partial charge in [-0.1, -0.05) is 71.6 Å². The molecule has 4 heteroatoms. The Kier molecular flexibility index (Phi) is 13.9. The number of nitrogens with zero attached hydrogens (tertiary/aromatic N) is 1. The van der Waals surface area contributed by atoms with E-state index in [4.69, 9.17) is 0 Å². The molecule has 0 aliphatic heterocycles. The molecular weight excluding hydrogens is 262 g/mol. The summed E-state index contributed by atoms with van der Waals surface area (Å²) in [5.41, 5.74) is 5.79. The van der Waals surface area contributed by atoms with Crippen LogP contribution < -0.4 is 10.9 Å². The maximum absolute atomic E-state index is 12.3. The molecule has 0 aliphatic rings. The van der Waals surface area contributed by atoms with Crippen LogP contribution in [0.25, 0.3) is 0 Å². The lowest BCUT2D eigenvalue weighted by Crippen LogP contribution is -2.51. The molecular formula is C17H37N3O. The standard InChI is InChI=1S/C17H37N3O/c1-5-7-8-9-10-11-12-13-15-16(14-6-2)17(21)20(18-3)19-4/h16,18-19H,5-15H2,1-4H3. The molecule has 4 nitrogen and oxygen atoms in total. The highest BCUT2D eigenvalue weighted by atomic mass is 16.2. The molecule has 0 aromatic rings. The normalized spacial score (nSPS) is 12.4. The Labute approximate surface area is 132 Å². The van der Waals surface area contributed by atoms with Crippen molar-refractivity contribution in [1.29, 1.82) is 0 Å². The number of carbonyl (C=O) groups is 1. The van der Waals surface area contributed by atoms with Gasteiger partial charge in [-0.15, -0.1) is 0 Å². The number of hydrazine groups is 2. The Morgan fingerprint density at radius 1 is 0.810 bits per heavy atom. The van der Waals surface area contributed by atoms with Gasteiger partial charge in [0.05, 0.1) is 0 Å². The van der Waals surface area contributed by atoms with Gasteiger partial charge >= 0.3 is 0 Å². The zero-order chi connectivity index (χ0) is 15.9. The van der Waals surface area contributed by atoms with Crippen molar-refractivity contribution in [1.82, 2.24) is 16.0 Å². The molecule has 1 unspecified atom stereocenters. The Balaban J connectivity index is 3.86. The topological polar surface area (TPSA) is 44.4 Å². The number of carbonyl (C=O) groups excluding carboxylic acids is 1. The smallest absolute Gasteiger partial charge is 0.254 e. The third kappa shape index (κ3) is 9.86. The predicted octanol–water partition coefficient (Wildman–Crippen LogP) is 4.03. The highest BCUT2D eigenvalue weighted by molar-refractivity contribution is 5.77. The number of rotatable bonds is 14. The number of hydrogen-bond donors (Lipinski definition) is 2. The summed E-state index contributed by atoms with van der Waals surface area (Å²) in [6, 6.07) is 0. The van der Waals surface area contributed by atoms with E-state index in [-0.39, 0.29) is 11.8 Å². The minimum absolute atomic E-state index is 0.148. The Hall–Kier alpha value is -0.610. The first kappa shape index (κ1) is 20.4. The van der Waals surface area contributed by atoms with Crippen molar-refractivity contribution in [3.63, 3.8) is 0 Å². The maximum atomic E-state index is 12.3. The van der Waals surface area contributed by atoms with Crippen LogP contribution in [-0.4, -0.2) is 25.1 Å². The molecule has 0 spiro atoms. The lowest BCUT2D eigenvalue weighted by atomic mass is 9.95. The van der Waals surface area contributed by atoms with Crippen molar-refractivity contribution in [3.05, 3.63) is 0 Å². The molecule has 0 radical (unpaired) electrons. The second-order valence-electron chi connectivity index (χ2n) is 5.87. The minimum atomic E-state index is 0.148. The summed E-state index contributed by atoms with van der Waals surface area (Å²) in [5.74, 6) is 0.319. The number of amides is 1. The molecule has 0 bridgehead atoms. The molecule has 0 fully saturated rings. The average molecular weight is 300 g/mol. The number of hydrogen-bond acceptors (Lipinski definition) is 3. The Morgan fingerprint density at radius 3 is 1.81 bits per heavy atom. The first-order chi connectivity index (χ1) is 10.2. The van der Waals surface area contributed by atoms with E-state index in [9.17, 15) is 4.79 Å². The minimum Gasteiger partial charge on any atom is -0.272 e. The summed E-state index contributed by atoms with van der Waals surface area (Å²) < 4.78 is 0. The van der Waals surface area contributed by atoms with Gasteiger partial charge in [0.1, 0.15) is 0 Å². The van der Waals surface area contributed by atoms with Crippen molar-refractivity contribution in [2.45, 2.75) is 84.5 Å². The summed E-state index contributed by atoms with van der Waals surface area (Å²) >= 11 is 0. The molecule has 0 aromatic carbocycles. The lowest BCUT2D eigenvalue weighted by Gasteiger charge is -2.25. The van der Waals surface area contributed by atoms with Crippen molar-refractivity contribution in [3.8, 4) is 0 Å². The van der Waals surface area contributed by atoms with Gasteiger partial charge in [-0.25, -0.2) is 16.0 Å². The third-order valence-corrected chi connectivity index (χ3v) is 4.06. The van der Waals surface area contributed by atoms with Crippen LogP contribution in [-0.2, 0) is 4.79 Å². The van der Waals surface area contributed by atoms with Crippen LogP contribution in [0, 0.1) is 5.92 Å². The number of unbranched alkanes of at least 4 members (excludes halogenated alkanes) is 7. The first-order valence-electron chi connectivity index (χ1n) is 8.89. The second kappa shape index (κ2) is 14.3. The summed E-state index contributed by atoms with van der Waals surface area (Å²) in [7, 11) is 3.54. The van der Waals surface area contributed by atoms with E-state index in [1.807, 2.05) is 0 Å². The van der Waals surface area contributed by atoms with Crippen LogP contribution >= 0.6 is 0 Å². The van der Waals surface area contributed by atoms with Gasteiger partial charge in [0.15, 0.2) is 0 Å². The molecule has 126 valence electrons. The van der Waals surface area contributed by atoms with Crippen LogP contribution in [0.3, 0.4) is 0 Å². The van der Waals surface area contributed by atoms with Crippen LogP contribution in [0.5, 0.6) is 0 Å². The quantitative estimate of drug-likeness (QED) is 0.376. The fourth-order valence-electron chi connectivity index (χ4n) is 2.78. The van der Waals surface area contributed by atoms with Crippen LogP contribution in [0.15, 0.2) is 0 Å². The zero-order valence-corrected chi connectivity index (χ0v) is 14.7. The van der Waals surface area contributed by atoms with E-state index < -0.39 is 0 Å². The summed E-state index contributed by atoms with van der Waals surface area (Å²) in [4.78, 5) is 12.3. The van der Waals surface area contributed by atoms with Crippen LogP contribution in [0.1, 0.15) is 84.5 Å². The molecule has 0 aliphatic carbocycles. The van der Waals surface area contributed by atoms with Crippen molar-refractivity contribution >= 4 is 5.91 Å². The van der Waals surface area contributed by atoms with E-state index in [2.05, 4.69) is 24.7 Å². The average Bonchev–Trinajstić information content (AvgIpc) is 2.50. The molecule has 1 atom stereocenters. The zero-order valence-electron chi connectivity index (χ0n) is 14.7. The van der Waals surface area contributed by atoms with Gasteiger partial charge in [0.2, 0.25) is 0 Å². The fourth-order valence-corrected chi connectivity index (χ4v) is 2.78. The van der Waals surface area contributed by atoms with Gasteiger partial charge in [0.25, 0.3) is 5.91 Å².